The Labute approximate surface area is 147 Å². The molecule has 0 bridgehead atoms. The molecule has 0 spiro atoms. The summed E-state index contributed by atoms with van der Waals surface area (Å²) >= 11 is 5.88. The minimum Gasteiger partial charge on any atom is -0.459 e. The van der Waals surface area contributed by atoms with Crippen molar-refractivity contribution in [3.05, 3.63) is 70.0 Å². The second-order valence-corrected chi connectivity index (χ2v) is 5.92. The van der Waals surface area contributed by atoms with Gasteiger partial charge in [0, 0.05) is 5.56 Å². The number of amides is 2. The third kappa shape index (κ3) is 3.00. The van der Waals surface area contributed by atoms with Crippen LogP contribution in [0.2, 0.25) is 5.02 Å². The SMILES string of the molecule is CC(C(=O)OCc1c(F)cccc1Cl)N1C(=O)c2ccccc2C1=O. The van der Waals surface area contributed by atoms with Gasteiger partial charge in [-0.25, -0.2) is 9.18 Å². The molecule has 1 heterocycles. The summed E-state index contributed by atoms with van der Waals surface area (Å²) in [6.45, 7) is 0.991. The van der Waals surface area contributed by atoms with Gasteiger partial charge in [0.25, 0.3) is 11.8 Å². The molecule has 1 atom stereocenters. The van der Waals surface area contributed by atoms with Gasteiger partial charge >= 0.3 is 5.97 Å². The van der Waals surface area contributed by atoms with Crippen molar-refractivity contribution >= 4 is 29.4 Å². The maximum absolute atomic E-state index is 13.7. The van der Waals surface area contributed by atoms with Crippen LogP contribution in [0, 0.1) is 5.82 Å². The molecule has 128 valence electrons. The van der Waals surface area contributed by atoms with E-state index in [0.717, 1.165) is 4.90 Å². The van der Waals surface area contributed by atoms with Crippen LogP contribution in [0.5, 0.6) is 0 Å². The van der Waals surface area contributed by atoms with Gasteiger partial charge in [0.2, 0.25) is 0 Å². The van der Waals surface area contributed by atoms with Gasteiger partial charge in [-0.05, 0) is 31.2 Å². The van der Waals surface area contributed by atoms with Crippen molar-refractivity contribution < 1.29 is 23.5 Å². The number of hydrogen-bond acceptors (Lipinski definition) is 4. The number of rotatable bonds is 4. The Morgan fingerprint density at radius 3 is 2.28 bits per heavy atom. The summed E-state index contributed by atoms with van der Waals surface area (Å²) in [5.41, 5.74) is 0.515. The van der Waals surface area contributed by atoms with Crippen LogP contribution in [0.15, 0.2) is 42.5 Å². The summed E-state index contributed by atoms with van der Waals surface area (Å²) in [4.78, 5) is 37.8. The summed E-state index contributed by atoms with van der Waals surface area (Å²) in [6.07, 6.45) is 0. The number of fused-ring (bicyclic) bond motifs is 1. The summed E-state index contributed by atoms with van der Waals surface area (Å²) < 4.78 is 18.8. The number of esters is 1. The van der Waals surface area contributed by atoms with Crippen LogP contribution in [0.4, 0.5) is 4.39 Å². The molecular formula is C18H13ClFNO4. The predicted octanol–water partition coefficient (Wildman–Crippen LogP) is 3.21. The van der Waals surface area contributed by atoms with Crippen LogP contribution in [0.1, 0.15) is 33.2 Å². The molecule has 2 amide bonds. The third-order valence-electron chi connectivity index (χ3n) is 3.97. The second kappa shape index (κ2) is 6.64. The molecule has 0 aliphatic carbocycles. The number of nitrogens with zero attached hydrogens (tertiary/aromatic N) is 1. The smallest absolute Gasteiger partial charge is 0.329 e. The van der Waals surface area contributed by atoms with E-state index < -0.39 is 36.2 Å². The lowest BCUT2D eigenvalue weighted by Gasteiger charge is -2.21. The first-order chi connectivity index (χ1) is 11.9. The van der Waals surface area contributed by atoms with Crippen LogP contribution < -0.4 is 0 Å². The minimum atomic E-state index is -1.14. The maximum atomic E-state index is 13.7. The second-order valence-electron chi connectivity index (χ2n) is 5.51. The van der Waals surface area contributed by atoms with Crippen molar-refractivity contribution in [1.82, 2.24) is 4.90 Å². The van der Waals surface area contributed by atoms with E-state index in [1.807, 2.05) is 0 Å². The first-order valence-electron chi connectivity index (χ1n) is 7.48. The summed E-state index contributed by atoms with van der Waals surface area (Å²) in [6, 6.07) is 9.28. The molecule has 7 heteroatoms. The highest BCUT2D eigenvalue weighted by atomic mass is 35.5. The highest BCUT2D eigenvalue weighted by Gasteiger charge is 2.41. The Kier molecular flexibility index (Phi) is 4.55. The largest absolute Gasteiger partial charge is 0.459 e. The lowest BCUT2D eigenvalue weighted by atomic mass is 10.1. The van der Waals surface area contributed by atoms with E-state index in [2.05, 4.69) is 0 Å². The van der Waals surface area contributed by atoms with Crippen molar-refractivity contribution in [3.63, 3.8) is 0 Å². The van der Waals surface area contributed by atoms with E-state index in [9.17, 15) is 18.8 Å². The quantitative estimate of drug-likeness (QED) is 0.619. The Bertz CT molecular complexity index is 828. The van der Waals surface area contributed by atoms with Gasteiger partial charge in [0.1, 0.15) is 18.5 Å². The Balaban J connectivity index is 1.74. The van der Waals surface area contributed by atoms with Crippen LogP contribution >= 0.6 is 11.6 Å². The fraction of sp³-hybridized carbons (Fsp3) is 0.167. The summed E-state index contributed by atoms with van der Waals surface area (Å²) in [5, 5.41) is 0.126. The number of imide groups is 1. The number of ether oxygens (including phenoxy) is 1. The molecule has 1 aliphatic rings. The standard InChI is InChI=1S/C18H13ClFNO4/c1-10(18(24)25-9-13-14(19)7-4-8-15(13)20)21-16(22)11-5-2-3-6-12(11)17(21)23/h2-8,10H,9H2,1H3. The van der Waals surface area contributed by atoms with Gasteiger partial charge in [-0.1, -0.05) is 29.8 Å². The van der Waals surface area contributed by atoms with Crippen LogP contribution in [-0.4, -0.2) is 28.7 Å². The fourth-order valence-corrected chi connectivity index (χ4v) is 2.82. The zero-order valence-electron chi connectivity index (χ0n) is 13.2. The van der Waals surface area contributed by atoms with E-state index >= 15 is 0 Å². The highest BCUT2D eigenvalue weighted by molar-refractivity contribution is 6.31. The fourth-order valence-electron chi connectivity index (χ4n) is 2.60. The van der Waals surface area contributed by atoms with Crippen molar-refractivity contribution in [2.45, 2.75) is 19.6 Å². The van der Waals surface area contributed by atoms with E-state index in [1.54, 1.807) is 12.1 Å². The van der Waals surface area contributed by atoms with Crippen molar-refractivity contribution in [1.29, 1.82) is 0 Å². The van der Waals surface area contributed by atoms with Crippen LogP contribution in [0.25, 0.3) is 0 Å². The molecule has 0 saturated carbocycles. The maximum Gasteiger partial charge on any atom is 0.329 e. The van der Waals surface area contributed by atoms with E-state index in [0.29, 0.717) is 0 Å². The Hall–Kier alpha value is -2.73. The molecule has 5 nitrogen and oxygen atoms in total. The van der Waals surface area contributed by atoms with Gasteiger partial charge in [-0.3, -0.25) is 14.5 Å². The lowest BCUT2D eigenvalue weighted by Crippen LogP contribution is -2.43. The Morgan fingerprint density at radius 1 is 1.12 bits per heavy atom. The average Bonchev–Trinajstić information content (AvgIpc) is 2.85. The average molecular weight is 362 g/mol. The third-order valence-corrected chi connectivity index (χ3v) is 4.33. The molecule has 0 saturated heterocycles. The molecule has 2 aromatic carbocycles. The van der Waals surface area contributed by atoms with Gasteiger partial charge in [-0.15, -0.1) is 0 Å². The van der Waals surface area contributed by atoms with Gasteiger partial charge in [0.05, 0.1) is 16.1 Å². The first kappa shape index (κ1) is 17.1. The van der Waals surface area contributed by atoms with E-state index in [4.69, 9.17) is 16.3 Å². The van der Waals surface area contributed by atoms with Crippen LogP contribution in [-0.2, 0) is 16.1 Å². The molecule has 0 fully saturated rings. The van der Waals surface area contributed by atoms with Gasteiger partial charge in [-0.2, -0.15) is 0 Å². The number of halogens is 2. The van der Waals surface area contributed by atoms with Gasteiger partial charge < -0.3 is 4.74 Å². The summed E-state index contributed by atoms with van der Waals surface area (Å²) in [5.74, 6) is -2.55. The zero-order chi connectivity index (χ0) is 18.1. The molecule has 3 rings (SSSR count). The normalized spacial score (nSPS) is 14.4. The number of carbonyl (C=O) groups excluding carboxylic acids is 3. The summed E-state index contributed by atoms with van der Waals surface area (Å²) in [7, 11) is 0. The first-order valence-corrected chi connectivity index (χ1v) is 7.86. The predicted molar refractivity (Wildman–Crippen MR) is 87.6 cm³/mol. The highest BCUT2D eigenvalue weighted by Crippen LogP contribution is 2.25. The molecule has 1 aliphatic heterocycles. The van der Waals surface area contributed by atoms with Crippen molar-refractivity contribution in [2.75, 3.05) is 0 Å². The number of benzene rings is 2. The molecule has 0 aromatic heterocycles. The molecule has 0 radical (unpaired) electrons. The number of carbonyl (C=O) groups is 3. The van der Waals surface area contributed by atoms with Crippen LogP contribution in [0.3, 0.4) is 0 Å². The Morgan fingerprint density at radius 2 is 1.72 bits per heavy atom. The van der Waals surface area contributed by atoms with Gasteiger partial charge in [0.15, 0.2) is 0 Å². The lowest BCUT2D eigenvalue weighted by molar-refractivity contribution is -0.149. The van der Waals surface area contributed by atoms with Crippen molar-refractivity contribution in [2.24, 2.45) is 0 Å². The van der Waals surface area contributed by atoms with Crippen molar-refractivity contribution in [3.8, 4) is 0 Å². The molecule has 2 aromatic rings. The zero-order valence-corrected chi connectivity index (χ0v) is 13.9. The van der Waals surface area contributed by atoms with E-state index in [1.165, 1.54) is 37.3 Å². The number of hydrogen-bond donors (Lipinski definition) is 0. The topological polar surface area (TPSA) is 63.7 Å². The minimum absolute atomic E-state index is 0.0343. The molecule has 1 unspecified atom stereocenters. The molecule has 0 N–H and O–H groups in total. The monoisotopic (exact) mass is 361 g/mol. The molecular weight excluding hydrogens is 349 g/mol. The molecule has 25 heavy (non-hydrogen) atoms. The van der Waals surface area contributed by atoms with E-state index in [-0.39, 0.29) is 21.7 Å².